The van der Waals surface area contributed by atoms with Gasteiger partial charge in [-0.3, -0.25) is 14.4 Å². The van der Waals surface area contributed by atoms with Crippen LogP contribution in [0, 0.1) is 11.8 Å². The molecule has 4 atom stereocenters. The van der Waals surface area contributed by atoms with E-state index in [0.717, 1.165) is 0 Å². The molecule has 0 aromatic rings. The van der Waals surface area contributed by atoms with Gasteiger partial charge < -0.3 is 21.1 Å². The Morgan fingerprint density at radius 2 is 1.85 bits per heavy atom. The van der Waals surface area contributed by atoms with Crippen LogP contribution in [-0.2, 0) is 14.4 Å². The van der Waals surface area contributed by atoms with E-state index in [4.69, 9.17) is 16.2 Å². The summed E-state index contributed by atoms with van der Waals surface area (Å²) in [5.41, 5.74) is 17.0. The summed E-state index contributed by atoms with van der Waals surface area (Å²) < 4.78 is 0. The van der Waals surface area contributed by atoms with E-state index in [1.165, 1.54) is 0 Å². The standard InChI is InChI=1S/C14H23N9O4/c1-7(2)11(13(26)17-6-10(24)25)21-14(27)12-8(4-18-22-15)3-9(20-12)5-19-23-16/h7-9,11-12,20H,3-6H2,1-2H3,(H,17,26)(H,21,27)(H,24,25)/t8-,9+,11-,12+/m0/s1. The quantitative estimate of drug-likeness (QED) is 0.238. The number of hydrogen-bond donors (Lipinski definition) is 4. The van der Waals surface area contributed by atoms with E-state index in [0.29, 0.717) is 6.42 Å². The van der Waals surface area contributed by atoms with Gasteiger partial charge in [0.25, 0.3) is 0 Å². The number of rotatable bonds is 10. The number of nitrogens with one attached hydrogen (secondary N) is 3. The molecule has 4 N–H and O–H groups in total. The van der Waals surface area contributed by atoms with Gasteiger partial charge in [0.2, 0.25) is 11.8 Å². The number of carboxylic acids is 1. The number of nitrogens with zero attached hydrogens (tertiary/aromatic N) is 6. The van der Waals surface area contributed by atoms with Crippen molar-refractivity contribution >= 4 is 17.8 Å². The maximum atomic E-state index is 12.7. The SMILES string of the molecule is CC(C)[C@H](NC(=O)[C@@H]1N[C@@H](CN=[N+]=[N-])C[C@H]1CN=[N+]=[N-])C(=O)NCC(=O)O. The summed E-state index contributed by atoms with van der Waals surface area (Å²) in [6, 6.07) is -1.91. The van der Waals surface area contributed by atoms with E-state index in [1.807, 2.05) is 0 Å². The van der Waals surface area contributed by atoms with Crippen LogP contribution < -0.4 is 16.0 Å². The van der Waals surface area contributed by atoms with Gasteiger partial charge in [-0.1, -0.05) is 24.1 Å². The minimum absolute atomic E-state index is 0.0753. The van der Waals surface area contributed by atoms with Crippen LogP contribution in [0.2, 0.25) is 0 Å². The molecule has 0 aromatic carbocycles. The van der Waals surface area contributed by atoms with Crippen LogP contribution in [0.25, 0.3) is 20.9 Å². The monoisotopic (exact) mass is 381 g/mol. The molecule has 1 saturated heterocycles. The Morgan fingerprint density at radius 1 is 1.22 bits per heavy atom. The van der Waals surface area contributed by atoms with Crippen LogP contribution in [0.5, 0.6) is 0 Å². The number of carbonyl (C=O) groups excluding carboxylic acids is 2. The predicted octanol–water partition coefficient (Wildman–Crippen LogP) is 0.295. The topological polar surface area (TPSA) is 205 Å². The fourth-order valence-corrected chi connectivity index (χ4v) is 2.88. The van der Waals surface area contributed by atoms with Crippen molar-refractivity contribution in [2.45, 2.75) is 38.4 Å². The van der Waals surface area contributed by atoms with Crippen LogP contribution >= 0.6 is 0 Å². The van der Waals surface area contributed by atoms with Crippen molar-refractivity contribution in [2.24, 2.45) is 22.1 Å². The fraction of sp³-hybridized carbons (Fsp3) is 0.786. The zero-order valence-corrected chi connectivity index (χ0v) is 15.1. The van der Waals surface area contributed by atoms with E-state index < -0.39 is 36.4 Å². The molecule has 1 fully saturated rings. The third kappa shape index (κ3) is 7.02. The summed E-state index contributed by atoms with van der Waals surface area (Å²) in [6.07, 6.45) is 0.466. The first-order valence-electron chi connectivity index (χ1n) is 8.37. The zero-order valence-electron chi connectivity index (χ0n) is 15.1. The second kappa shape index (κ2) is 10.9. The zero-order chi connectivity index (χ0) is 20.4. The lowest BCUT2D eigenvalue weighted by atomic mass is 9.97. The Labute approximate surface area is 155 Å². The van der Waals surface area contributed by atoms with Crippen LogP contribution in [0.15, 0.2) is 10.2 Å². The fourth-order valence-electron chi connectivity index (χ4n) is 2.88. The number of aliphatic carboxylic acids is 1. The molecule has 1 heterocycles. The highest BCUT2D eigenvalue weighted by atomic mass is 16.4. The summed E-state index contributed by atoms with van der Waals surface area (Å²) >= 11 is 0. The third-order valence-corrected chi connectivity index (χ3v) is 4.16. The van der Waals surface area contributed by atoms with Crippen LogP contribution in [-0.4, -0.2) is 60.6 Å². The molecule has 1 aliphatic rings. The molecule has 0 aliphatic carbocycles. The van der Waals surface area contributed by atoms with Gasteiger partial charge in [0.15, 0.2) is 0 Å². The Balaban J connectivity index is 2.83. The molecule has 0 aromatic heterocycles. The molecule has 1 rings (SSSR count). The number of carbonyl (C=O) groups is 3. The average molecular weight is 381 g/mol. The van der Waals surface area contributed by atoms with E-state index in [2.05, 4.69) is 36.0 Å². The maximum absolute atomic E-state index is 12.7. The second-order valence-electron chi connectivity index (χ2n) is 6.51. The first kappa shape index (κ1) is 22.0. The van der Waals surface area contributed by atoms with Crippen molar-refractivity contribution in [2.75, 3.05) is 19.6 Å². The minimum Gasteiger partial charge on any atom is -0.480 e. The average Bonchev–Trinajstić information content (AvgIpc) is 3.03. The normalized spacial score (nSPS) is 22.3. The Hall–Kier alpha value is -3.01. The van der Waals surface area contributed by atoms with E-state index >= 15 is 0 Å². The van der Waals surface area contributed by atoms with Crippen molar-refractivity contribution in [3.05, 3.63) is 20.9 Å². The Morgan fingerprint density at radius 3 is 2.41 bits per heavy atom. The van der Waals surface area contributed by atoms with Crippen LogP contribution in [0.3, 0.4) is 0 Å². The third-order valence-electron chi connectivity index (χ3n) is 4.16. The molecule has 27 heavy (non-hydrogen) atoms. The molecule has 13 heteroatoms. The lowest BCUT2D eigenvalue weighted by Crippen LogP contribution is -2.55. The van der Waals surface area contributed by atoms with Gasteiger partial charge in [0, 0.05) is 29.0 Å². The number of azide groups is 2. The van der Waals surface area contributed by atoms with Gasteiger partial charge >= 0.3 is 5.97 Å². The summed E-state index contributed by atoms with van der Waals surface area (Å²) in [6.45, 7) is 3.10. The second-order valence-corrected chi connectivity index (χ2v) is 6.51. The van der Waals surface area contributed by atoms with Gasteiger partial charge in [-0.25, -0.2) is 0 Å². The molecule has 1 aliphatic heterocycles. The van der Waals surface area contributed by atoms with E-state index in [9.17, 15) is 14.4 Å². The summed E-state index contributed by atoms with van der Waals surface area (Å²) in [4.78, 5) is 40.9. The van der Waals surface area contributed by atoms with Crippen molar-refractivity contribution in [3.63, 3.8) is 0 Å². The number of amides is 2. The summed E-state index contributed by atoms with van der Waals surface area (Å²) in [7, 11) is 0. The van der Waals surface area contributed by atoms with E-state index in [-0.39, 0.29) is 31.0 Å². The van der Waals surface area contributed by atoms with Crippen LogP contribution in [0.1, 0.15) is 20.3 Å². The van der Waals surface area contributed by atoms with Crippen molar-refractivity contribution in [1.82, 2.24) is 16.0 Å². The Kier molecular flexibility index (Phi) is 8.86. The maximum Gasteiger partial charge on any atom is 0.322 e. The molecular weight excluding hydrogens is 358 g/mol. The molecule has 0 spiro atoms. The highest BCUT2D eigenvalue weighted by Crippen LogP contribution is 2.22. The largest absolute Gasteiger partial charge is 0.480 e. The molecule has 0 radical (unpaired) electrons. The molecule has 148 valence electrons. The van der Waals surface area contributed by atoms with Crippen molar-refractivity contribution < 1.29 is 19.5 Å². The number of carboxylic acid groups (broad SMARTS) is 1. The molecule has 2 amide bonds. The van der Waals surface area contributed by atoms with E-state index in [1.54, 1.807) is 13.8 Å². The van der Waals surface area contributed by atoms with Gasteiger partial charge in [-0.2, -0.15) is 0 Å². The minimum atomic E-state index is -1.19. The molecule has 0 bridgehead atoms. The lowest BCUT2D eigenvalue weighted by Gasteiger charge is -2.25. The van der Waals surface area contributed by atoms with Crippen molar-refractivity contribution in [1.29, 1.82) is 0 Å². The Bertz CT molecular complexity index is 655. The first-order valence-corrected chi connectivity index (χ1v) is 8.37. The first-order chi connectivity index (χ1) is 12.8. The van der Waals surface area contributed by atoms with Gasteiger partial charge in [-0.15, -0.1) is 0 Å². The predicted molar refractivity (Wildman–Crippen MR) is 94.3 cm³/mol. The highest BCUT2D eigenvalue weighted by Gasteiger charge is 2.39. The summed E-state index contributed by atoms with van der Waals surface area (Å²) in [5, 5.41) is 23.6. The molecule has 0 unspecified atom stereocenters. The van der Waals surface area contributed by atoms with Gasteiger partial charge in [-0.05, 0) is 29.3 Å². The molecule has 0 saturated carbocycles. The van der Waals surface area contributed by atoms with Crippen molar-refractivity contribution in [3.8, 4) is 0 Å². The number of hydrogen-bond acceptors (Lipinski definition) is 6. The van der Waals surface area contributed by atoms with Gasteiger partial charge in [0.1, 0.15) is 12.6 Å². The van der Waals surface area contributed by atoms with Gasteiger partial charge in [0.05, 0.1) is 6.04 Å². The molecule has 13 nitrogen and oxygen atoms in total. The highest BCUT2D eigenvalue weighted by molar-refractivity contribution is 5.91. The summed E-state index contributed by atoms with van der Waals surface area (Å²) in [5.74, 6) is -2.87. The lowest BCUT2D eigenvalue weighted by molar-refractivity contribution is -0.138. The smallest absolute Gasteiger partial charge is 0.322 e. The molecular formula is C14H23N9O4. The van der Waals surface area contributed by atoms with Crippen LogP contribution in [0.4, 0.5) is 0 Å².